The van der Waals surface area contributed by atoms with Gasteiger partial charge in [-0.15, -0.1) is 0 Å². The summed E-state index contributed by atoms with van der Waals surface area (Å²) >= 11 is 0. The van der Waals surface area contributed by atoms with E-state index in [9.17, 15) is 8.39 Å². The molecule has 0 amide bonds. The number of hydrogen-bond donors (Lipinski definition) is 2. The molecule has 1 unspecified atom stereocenters. The van der Waals surface area contributed by atoms with Gasteiger partial charge in [0.15, 0.2) is 0 Å². The molecule has 12 heavy (non-hydrogen) atoms. The molecule has 0 aromatic heterocycles. The van der Waals surface area contributed by atoms with Crippen LogP contribution in [0.25, 0.3) is 0 Å². The summed E-state index contributed by atoms with van der Waals surface area (Å²) in [6, 6.07) is 0. The fourth-order valence-corrected chi connectivity index (χ4v) is 1.11. The molecule has 0 aromatic rings. The molecular formula is C6H9F2O3P. The first-order valence-electron chi connectivity index (χ1n) is 2.95. The molecule has 0 bridgehead atoms. The summed E-state index contributed by atoms with van der Waals surface area (Å²) in [5, 5.41) is 0. The van der Waals surface area contributed by atoms with Crippen LogP contribution in [-0.4, -0.2) is 15.9 Å². The first-order valence-corrected chi connectivity index (χ1v) is 4.79. The van der Waals surface area contributed by atoms with E-state index in [0.717, 1.165) is 6.08 Å². The molecule has 0 saturated carbocycles. The molecule has 70 valence electrons. The molecule has 0 aliphatic rings. The minimum absolute atomic E-state index is 0.184. The van der Waals surface area contributed by atoms with E-state index in [1.807, 2.05) is 5.92 Å². The van der Waals surface area contributed by atoms with Gasteiger partial charge in [-0.05, 0) is 0 Å². The van der Waals surface area contributed by atoms with Crippen molar-refractivity contribution in [1.82, 2.24) is 0 Å². The van der Waals surface area contributed by atoms with E-state index < -0.39 is 14.0 Å². The molecule has 3 nitrogen and oxygen atoms in total. The van der Waals surface area contributed by atoms with Gasteiger partial charge in [0, 0.05) is 0 Å². The summed E-state index contributed by atoms with van der Waals surface area (Å²) in [4.78, 5) is 16.1. The van der Waals surface area contributed by atoms with Crippen LogP contribution >= 0.6 is 7.91 Å². The van der Waals surface area contributed by atoms with Crippen molar-refractivity contribution in [2.45, 2.75) is 12.5 Å². The van der Waals surface area contributed by atoms with Crippen molar-refractivity contribution in [2.75, 3.05) is 0 Å². The Morgan fingerprint density at radius 2 is 2.17 bits per heavy atom. The summed E-state index contributed by atoms with van der Waals surface area (Å²) < 4.78 is 27.8. The summed E-state index contributed by atoms with van der Waals surface area (Å²) in [6.07, 6.45) is 4.35. The maximum absolute atomic E-state index is 12.1. The van der Waals surface area contributed by atoms with Crippen LogP contribution in [0.5, 0.6) is 0 Å². The number of terminal acetylenes is 1. The SMILES string of the molecule is C#CCC(C=C)OP(O)(O)(F)F. The van der Waals surface area contributed by atoms with Crippen LogP contribution in [-0.2, 0) is 4.52 Å². The summed E-state index contributed by atoms with van der Waals surface area (Å²) in [7, 11) is -6.90. The van der Waals surface area contributed by atoms with Crippen molar-refractivity contribution in [1.29, 1.82) is 0 Å². The molecule has 2 N–H and O–H groups in total. The van der Waals surface area contributed by atoms with Gasteiger partial charge >= 0.3 is 68.1 Å². The molecule has 0 radical (unpaired) electrons. The van der Waals surface area contributed by atoms with Gasteiger partial charge in [-0.1, -0.05) is 0 Å². The van der Waals surface area contributed by atoms with E-state index in [1.54, 1.807) is 0 Å². The van der Waals surface area contributed by atoms with E-state index in [1.165, 1.54) is 0 Å². The summed E-state index contributed by atoms with van der Waals surface area (Å²) in [6.45, 7) is 3.14. The number of halogens is 2. The molecule has 0 aliphatic heterocycles. The van der Waals surface area contributed by atoms with Crippen LogP contribution in [0, 0.1) is 12.3 Å². The van der Waals surface area contributed by atoms with Crippen molar-refractivity contribution < 1.29 is 22.7 Å². The molecule has 0 fully saturated rings. The predicted octanol–water partition coefficient (Wildman–Crippen LogP) is 1.63. The fraction of sp³-hybridized carbons (Fsp3) is 0.333. The summed E-state index contributed by atoms with van der Waals surface area (Å²) in [5.41, 5.74) is 0. The van der Waals surface area contributed by atoms with Crippen LogP contribution in [0.15, 0.2) is 12.7 Å². The summed E-state index contributed by atoms with van der Waals surface area (Å²) in [5.74, 6) is 2.03. The number of hydrogen-bond acceptors (Lipinski definition) is 3. The van der Waals surface area contributed by atoms with Crippen molar-refractivity contribution in [2.24, 2.45) is 0 Å². The topological polar surface area (TPSA) is 49.7 Å². The third kappa shape index (κ3) is 6.20. The van der Waals surface area contributed by atoms with E-state index in [-0.39, 0.29) is 6.42 Å². The fourth-order valence-electron chi connectivity index (χ4n) is 0.503. The van der Waals surface area contributed by atoms with Crippen LogP contribution in [0.4, 0.5) is 8.39 Å². The molecule has 6 heteroatoms. The standard InChI is InChI=1S/C6H9F2O3P/c1-3-5-6(4-2)11-12(7,8,9)10/h1,4,6,9-10H,2,5H2. The van der Waals surface area contributed by atoms with Crippen LogP contribution in [0.2, 0.25) is 0 Å². The average molecular weight is 198 g/mol. The van der Waals surface area contributed by atoms with Gasteiger partial charge in [-0.25, -0.2) is 0 Å². The zero-order chi connectivity index (χ0) is 9.85. The van der Waals surface area contributed by atoms with Gasteiger partial charge in [0.2, 0.25) is 0 Å². The average Bonchev–Trinajstić information content (AvgIpc) is 1.82. The van der Waals surface area contributed by atoms with E-state index in [0.29, 0.717) is 0 Å². The molecule has 0 saturated heterocycles. The minimum atomic E-state index is -6.90. The Bertz CT molecular complexity index is 206. The quantitative estimate of drug-likeness (QED) is 0.410. The first kappa shape index (κ1) is 11.5. The van der Waals surface area contributed by atoms with Crippen LogP contribution in [0.1, 0.15) is 6.42 Å². The Morgan fingerprint density at radius 3 is 2.42 bits per heavy atom. The van der Waals surface area contributed by atoms with Crippen LogP contribution in [0.3, 0.4) is 0 Å². The number of rotatable bonds is 4. The first-order chi connectivity index (χ1) is 5.24. The molecular weight excluding hydrogens is 189 g/mol. The third-order valence-electron chi connectivity index (χ3n) is 0.891. The second kappa shape index (κ2) is 3.46. The Labute approximate surface area is 69.1 Å². The van der Waals surface area contributed by atoms with Crippen molar-refractivity contribution in [3.05, 3.63) is 12.7 Å². The van der Waals surface area contributed by atoms with Gasteiger partial charge in [0.1, 0.15) is 0 Å². The van der Waals surface area contributed by atoms with E-state index in [2.05, 4.69) is 11.1 Å². The molecule has 0 aliphatic carbocycles. The second-order valence-corrected chi connectivity index (χ2v) is 3.77. The molecule has 1 atom stereocenters. The Kier molecular flexibility index (Phi) is 3.31. The van der Waals surface area contributed by atoms with Gasteiger partial charge < -0.3 is 0 Å². The third-order valence-corrected chi connectivity index (χ3v) is 1.51. The predicted molar refractivity (Wildman–Crippen MR) is 42.1 cm³/mol. The van der Waals surface area contributed by atoms with E-state index in [4.69, 9.17) is 16.2 Å². The monoisotopic (exact) mass is 198 g/mol. The molecule has 0 aromatic carbocycles. The molecule has 0 rings (SSSR count). The van der Waals surface area contributed by atoms with Crippen molar-refractivity contribution >= 4 is 7.91 Å². The second-order valence-electron chi connectivity index (χ2n) is 2.04. The van der Waals surface area contributed by atoms with E-state index >= 15 is 0 Å². The Hall–Kier alpha value is -0.530. The normalized spacial score (nSPS) is 17.1. The molecule has 0 spiro atoms. The van der Waals surface area contributed by atoms with Crippen molar-refractivity contribution in [3.63, 3.8) is 0 Å². The maximum atomic E-state index is 12.1. The Balaban J connectivity index is 4.24. The van der Waals surface area contributed by atoms with Gasteiger partial charge in [-0.3, -0.25) is 0 Å². The van der Waals surface area contributed by atoms with Crippen molar-refractivity contribution in [3.8, 4) is 12.3 Å². The molecule has 0 heterocycles. The zero-order valence-corrected chi connectivity index (χ0v) is 7.05. The van der Waals surface area contributed by atoms with Gasteiger partial charge in [-0.2, -0.15) is 0 Å². The zero-order valence-electron chi connectivity index (χ0n) is 6.15. The van der Waals surface area contributed by atoms with Gasteiger partial charge in [0.25, 0.3) is 0 Å². The van der Waals surface area contributed by atoms with Crippen LogP contribution < -0.4 is 0 Å². The van der Waals surface area contributed by atoms with Gasteiger partial charge in [0.05, 0.1) is 0 Å². The Morgan fingerprint density at radius 1 is 1.67 bits per heavy atom.